The number of hydrogen-bond donors (Lipinski definition) is 1. The van der Waals surface area contributed by atoms with Crippen LogP contribution in [0.3, 0.4) is 0 Å². The van der Waals surface area contributed by atoms with Crippen LogP contribution in [0.15, 0.2) is 11.8 Å². The Labute approximate surface area is 79.6 Å². The van der Waals surface area contributed by atoms with Crippen molar-refractivity contribution in [3.8, 4) is 0 Å². The zero-order valence-corrected chi connectivity index (χ0v) is 8.42. The summed E-state index contributed by atoms with van der Waals surface area (Å²) in [6.07, 6.45) is 5.06. The van der Waals surface area contributed by atoms with Gasteiger partial charge >= 0.3 is 0 Å². The van der Waals surface area contributed by atoms with Crippen LogP contribution in [0.5, 0.6) is 0 Å². The van der Waals surface area contributed by atoms with Crippen LogP contribution >= 0.6 is 0 Å². The van der Waals surface area contributed by atoms with Gasteiger partial charge in [-0.1, -0.05) is 13.8 Å². The van der Waals surface area contributed by atoms with E-state index < -0.39 is 5.60 Å². The molecule has 1 fully saturated rings. The molecule has 0 aromatic rings. The summed E-state index contributed by atoms with van der Waals surface area (Å²) in [7, 11) is 0. The molecule has 2 nitrogen and oxygen atoms in total. The van der Waals surface area contributed by atoms with Crippen molar-refractivity contribution >= 4 is 0 Å². The lowest BCUT2D eigenvalue weighted by molar-refractivity contribution is -0.129. The Kier molecular flexibility index (Phi) is 2.11. The quantitative estimate of drug-likeness (QED) is 0.673. The summed E-state index contributed by atoms with van der Waals surface area (Å²) in [5.41, 5.74) is -0.639. The molecule has 0 aromatic carbocycles. The maximum atomic E-state index is 10.3. The smallest absolute Gasteiger partial charge is 0.124 e. The monoisotopic (exact) mass is 182 g/mol. The molecule has 0 spiro atoms. The lowest BCUT2D eigenvalue weighted by Crippen LogP contribution is -2.53. The van der Waals surface area contributed by atoms with Crippen molar-refractivity contribution in [1.82, 2.24) is 0 Å². The predicted molar refractivity (Wildman–Crippen MR) is 51.2 cm³/mol. The highest BCUT2D eigenvalue weighted by Crippen LogP contribution is 2.48. The molecule has 2 rings (SSSR count). The topological polar surface area (TPSA) is 29.5 Å². The molecule has 13 heavy (non-hydrogen) atoms. The minimum atomic E-state index is -0.639. The lowest BCUT2D eigenvalue weighted by atomic mass is 9.62. The molecule has 1 N–H and O–H groups in total. The van der Waals surface area contributed by atoms with Gasteiger partial charge in [0.25, 0.3) is 0 Å². The first-order valence-corrected chi connectivity index (χ1v) is 5.20. The summed E-state index contributed by atoms with van der Waals surface area (Å²) in [4.78, 5) is 0. The van der Waals surface area contributed by atoms with Crippen molar-refractivity contribution in [3.63, 3.8) is 0 Å². The fourth-order valence-corrected chi connectivity index (χ4v) is 2.35. The molecule has 1 aliphatic heterocycles. The molecule has 1 heterocycles. The van der Waals surface area contributed by atoms with Crippen LogP contribution in [0, 0.1) is 11.8 Å². The van der Waals surface area contributed by atoms with Gasteiger partial charge in [-0.15, -0.1) is 0 Å². The highest BCUT2D eigenvalue weighted by atomic mass is 16.5. The van der Waals surface area contributed by atoms with Crippen LogP contribution < -0.4 is 0 Å². The third-order valence-corrected chi connectivity index (χ3v) is 3.60. The molecular formula is C11H18O2. The molecular weight excluding hydrogens is 164 g/mol. The highest BCUT2D eigenvalue weighted by molar-refractivity contribution is 5.19. The van der Waals surface area contributed by atoms with Crippen molar-refractivity contribution < 1.29 is 9.84 Å². The molecule has 1 saturated carbocycles. The fourth-order valence-electron chi connectivity index (χ4n) is 2.35. The third kappa shape index (κ3) is 1.28. The summed E-state index contributed by atoms with van der Waals surface area (Å²) in [6, 6.07) is 0. The molecule has 74 valence electrons. The lowest BCUT2D eigenvalue weighted by Gasteiger charge is -2.50. The zero-order valence-electron chi connectivity index (χ0n) is 8.42. The van der Waals surface area contributed by atoms with E-state index in [9.17, 15) is 5.11 Å². The van der Waals surface area contributed by atoms with E-state index in [1.807, 2.05) is 0 Å². The summed E-state index contributed by atoms with van der Waals surface area (Å²) in [6.45, 7) is 5.06. The first-order valence-electron chi connectivity index (χ1n) is 5.20. The van der Waals surface area contributed by atoms with Crippen molar-refractivity contribution in [2.45, 2.75) is 38.7 Å². The second-order valence-electron chi connectivity index (χ2n) is 4.45. The van der Waals surface area contributed by atoms with Gasteiger partial charge in [-0.05, 0) is 37.2 Å². The molecule has 1 aliphatic carbocycles. The second-order valence-corrected chi connectivity index (χ2v) is 4.45. The van der Waals surface area contributed by atoms with Gasteiger partial charge in [-0.3, -0.25) is 0 Å². The molecule has 0 aromatic heterocycles. The standard InChI is InChI=1S/C11H18O2/c1-8-7-11(12,9(8)2)10-5-3-4-6-13-10/h5,8-9,12H,3-4,6-7H2,1-2H3. The van der Waals surface area contributed by atoms with Gasteiger partial charge < -0.3 is 9.84 Å². The van der Waals surface area contributed by atoms with Gasteiger partial charge in [-0.2, -0.15) is 0 Å². The van der Waals surface area contributed by atoms with Crippen molar-refractivity contribution in [1.29, 1.82) is 0 Å². The Bertz CT molecular complexity index is 234. The maximum Gasteiger partial charge on any atom is 0.124 e. The average molecular weight is 182 g/mol. The molecule has 0 radical (unpaired) electrons. The van der Waals surface area contributed by atoms with Crippen LogP contribution in [0.1, 0.15) is 33.1 Å². The summed E-state index contributed by atoms with van der Waals surface area (Å²) >= 11 is 0. The van der Waals surface area contributed by atoms with E-state index in [1.165, 1.54) is 0 Å². The number of aliphatic hydroxyl groups is 1. The number of allylic oxidation sites excluding steroid dienone is 1. The number of rotatable bonds is 1. The van der Waals surface area contributed by atoms with Gasteiger partial charge in [0.2, 0.25) is 0 Å². The van der Waals surface area contributed by atoms with Gasteiger partial charge in [0.1, 0.15) is 11.4 Å². The van der Waals surface area contributed by atoms with E-state index >= 15 is 0 Å². The molecule has 0 saturated heterocycles. The van der Waals surface area contributed by atoms with E-state index in [-0.39, 0.29) is 0 Å². The van der Waals surface area contributed by atoms with E-state index in [2.05, 4.69) is 19.9 Å². The van der Waals surface area contributed by atoms with Crippen molar-refractivity contribution in [2.24, 2.45) is 11.8 Å². The summed E-state index contributed by atoms with van der Waals surface area (Å²) in [5, 5.41) is 10.3. The van der Waals surface area contributed by atoms with Crippen LogP contribution in [0.25, 0.3) is 0 Å². The molecule has 3 atom stereocenters. The second kappa shape index (κ2) is 3.02. The summed E-state index contributed by atoms with van der Waals surface area (Å²) < 4.78 is 5.51. The Balaban J connectivity index is 2.11. The van der Waals surface area contributed by atoms with E-state index in [0.29, 0.717) is 11.8 Å². The van der Waals surface area contributed by atoms with Gasteiger partial charge in [0.05, 0.1) is 6.61 Å². The van der Waals surface area contributed by atoms with Gasteiger partial charge in [-0.25, -0.2) is 0 Å². The summed E-state index contributed by atoms with van der Waals surface area (Å²) in [5.74, 6) is 1.80. The Morgan fingerprint density at radius 1 is 1.54 bits per heavy atom. The van der Waals surface area contributed by atoms with Crippen molar-refractivity contribution in [2.75, 3.05) is 6.61 Å². The molecule has 0 amide bonds. The zero-order chi connectivity index (χ0) is 9.47. The third-order valence-electron chi connectivity index (χ3n) is 3.60. The minimum Gasteiger partial charge on any atom is -0.495 e. The SMILES string of the molecule is CC1CC(O)(C2=CCCCO2)C1C. The van der Waals surface area contributed by atoms with Crippen LogP contribution in [-0.4, -0.2) is 17.3 Å². The van der Waals surface area contributed by atoms with Crippen LogP contribution in [0.4, 0.5) is 0 Å². The average Bonchev–Trinajstić information content (AvgIpc) is 2.19. The van der Waals surface area contributed by atoms with Gasteiger partial charge in [0, 0.05) is 0 Å². The highest BCUT2D eigenvalue weighted by Gasteiger charge is 2.51. The first-order chi connectivity index (χ1) is 6.14. The molecule has 2 aliphatic rings. The van der Waals surface area contributed by atoms with Gasteiger partial charge in [0.15, 0.2) is 0 Å². The maximum absolute atomic E-state index is 10.3. The normalized spacial score (nSPS) is 44.7. The van der Waals surface area contributed by atoms with E-state index in [1.54, 1.807) is 0 Å². The van der Waals surface area contributed by atoms with Crippen LogP contribution in [0.2, 0.25) is 0 Å². The fraction of sp³-hybridized carbons (Fsp3) is 0.818. The molecule has 0 bridgehead atoms. The predicted octanol–water partition coefficient (Wildman–Crippen LogP) is 2.09. The Hall–Kier alpha value is -0.500. The van der Waals surface area contributed by atoms with E-state index in [4.69, 9.17) is 4.74 Å². The Morgan fingerprint density at radius 3 is 2.77 bits per heavy atom. The Morgan fingerprint density at radius 2 is 2.31 bits per heavy atom. The van der Waals surface area contributed by atoms with E-state index in [0.717, 1.165) is 31.6 Å². The first kappa shape index (κ1) is 9.07. The number of ether oxygens (including phenoxy) is 1. The van der Waals surface area contributed by atoms with Crippen LogP contribution in [-0.2, 0) is 4.74 Å². The number of hydrogen-bond acceptors (Lipinski definition) is 2. The molecule has 2 heteroatoms. The minimum absolute atomic E-state index is 0.344. The largest absolute Gasteiger partial charge is 0.495 e. The van der Waals surface area contributed by atoms with Crippen molar-refractivity contribution in [3.05, 3.63) is 11.8 Å². The molecule has 3 unspecified atom stereocenters.